The summed E-state index contributed by atoms with van der Waals surface area (Å²) >= 11 is 0. The SMILES string of the molecule is CCCCCC(O)c1cccc2c1OC(C)(C)C2. The fraction of sp³-hybridized carbons (Fsp3) is 0.625. The highest BCUT2D eigenvalue weighted by Crippen LogP contribution is 2.40. The molecule has 18 heavy (non-hydrogen) atoms. The van der Waals surface area contributed by atoms with E-state index in [-0.39, 0.29) is 11.7 Å². The minimum absolute atomic E-state index is 0.137. The lowest BCUT2D eigenvalue weighted by Gasteiger charge is -2.20. The van der Waals surface area contributed by atoms with Crippen molar-refractivity contribution in [2.45, 2.75) is 64.6 Å². The molecule has 0 saturated heterocycles. The molecule has 2 rings (SSSR count). The van der Waals surface area contributed by atoms with E-state index in [2.05, 4.69) is 26.8 Å². The smallest absolute Gasteiger partial charge is 0.129 e. The summed E-state index contributed by atoms with van der Waals surface area (Å²) in [5, 5.41) is 10.3. The minimum atomic E-state index is -0.389. The molecular weight excluding hydrogens is 224 g/mol. The van der Waals surface area contributed by atoms with Gasteiger partial charge in [0.1, 0.15) is 11.4 Å². The van der Waals surface area contributed by atoms with E-state index in [1.165, 1.54) is 18.4 Å². The van der Waals surface area contributed by atoms with Crippen LogP contribution in [0.25, 0.3) is 0 Å². The van der Waals surface area contributed by atoms with Gasteiger partial charge in [-0.2, -0.15) is 0 Å². The molecule has 1 aromatic rings. The van der Waals surface area contributed by atoms with Gasteiger partial charge in [-0.15, -0.1) is 0 Å². The molecule has 0 fully saturated rings. The number of para-hydroxylation sites is 1. The summed E-state index contributed by atoms with van der Waals surface area (Å²) in [5.41, 5.74) is 2.06. The first-order valence-electron chi connectivity index (χ1n) is 7.02. The topological polar surface area (TPSA) is 29.5 Å². The molecule has 0 bridgehead atoms. The van der Waals surface area contributed by atoms with Crippen LogP contribution in [0.2, 0.25) is 0 Å². The standard InChI is InChI=1S/C16H24O2/c1-4-5-6-10-14(17)13-9-7-8-12-11-16(2,3)18-15(12)13/h7-9,14,17H,4-6,10-11H2,1-3H3. The molecule has 0 amide bonds. The molecule has 0 aromatic heterocycles. The fourth-order valence-corrected chi connectivity index (χ4v) is 2.64. The van der Waals surface area contributed by atoms with Crippen molar-refractivity contribution >= 4 is 0 Å². The lowest BCUT2D eigenvalue weighted by atomic mass is 9.97. The van der Waals surface area contributed by atoms with Crippen molar-refractivity contribution in [3.05, 3.63) is 29.3 Å². The van der Waals surface area contributed by atoms with Gasteiger partial charge in [-0.3, -0.25) is 0 Å². The Balaban J connectivity index is 2.13. The number of fused-ring (bicyclic) bond motifs is 1. The Morgan fingerprint density at radius 3 is 2.83 bits per heavy atom. The fourth-order valence-electron chi connectivity index (χ4n) is 2.64. The van der Waals surface area contributed by atoms with Crippen molar-refractivity contribution in [2.75, 3.05) is 0 Å². The first-order valence-corrected chi connectivity index (χ1v) is 7.02. The average Bonchev–Trinajstić information content (AvgIpc) is 2.62. The second-order valence-corrected chi connectivity index (χ2v) is 5.89. The summed E-state index contributed by atoms with van der Waals surface area (Å²) in [7, 11) is 0. The van der Waals surface area contributed by atoms with Crippen molar-refractivity contribution in [1.82, 2.24) is 0 Å². The number of benzene rings is 1. The van der Waals surface area contributed by atoms with Gasteiger partial charge in [-0.25, -0.2) is 0 Å². The van der Waals surface area contributed by atoms with E-state index in [9.17, 15) is 5.11 Å². The Morgan fingerprint density at radius 2 is 2.11 bits per heavy atom. The predicted molar refractivity (Wildman–Crippen MR) is 74.0 cm³/mol. The third-order valence-electron chi connectivity index (χ3n) is 3.56. The van der Waals surface area contributed by atoms with Crippen LogP contribution < -0.4 is 4.74 Å². The number of hydrogen-bond acceptors (Lipinski definition) is 2. The number of unbranched alkanes of at least 4 members (excludes halogenated alkanes) is 2. The van der Waals surface area contributed by atoms with Gasteiger partial charge in [0.25, 0.3) is 0 Å². The molecule has 1 N–H and O–H groups in total. The predicted octanol–water partition coefficient (Wildman–Crippen LogP) is 4.01. The van der Waals surface area contributed by atoms with E-state index in [4.69, 9.17) is 4.74 Å². The summed E-state index contributed by atoms with van der Waals surface area (Å²) in [6.45, 7) is 6.37. The van der Waals surface area contributed by atoms with Crippen LogP contribution in [0, 0.1) is 0 Å². The first-order chi connectivity index (χ1) is 8.53. The molecule has 0 aliphatic carbocycles. The van der Waals surface area contributed by atoms with Gasteiger partial charge in [-0.1, -0.05) is 44.4 Å². The minimum Gasteiger partial charge on any atom is -0.487 e. The number of aliphatic hydroxyl groups excluding tert-OH is 1. The molecule has 0 saturated carbocycles. The maximum Gasteiger partial charge on any atom is 0.129 e. The lowest BCUT2D eigenvalue weighted by Crippen LogP contribution is -2.25. The summed E-state index contributed by atoms with van der Waals surface area (Å²) < 4.78 is 5.99. The Kier molecular flexibility index (Phi) is 3.96. The van der Waals surface area contributed by atoms with Crippen molar-refractivity contribution in [1.29, 1.82) is 0 Å². The van der Waals surface area contributed by atoms with E-state index in [0.29, 0.717) is 0 Å². The zero-order valence-electron chi connectivity index (χ0n) is 11.7. The molecule has 1 aliphatic rings. The van der Waals surface area contributed by atoms with Crippen LogP contribution >= 0.6 is 0 Å². The molecular formula is C16H24O2. The molecule has 1 atom stereocenters. The zero-order chi connectivity index (χ0) is 13.2. The van der Waals surface area contributed by atoms with Crippen molar-refractivity contribution in [2.24, 2.45) is 0 Å². The molecule has 0 spiro atoms. The molecule has 0 radical (unpaired) electrons. The number of ether oxygens (including phenoxy) is 1. The summed E-state index contributed by atoms with van der Waals surface area (Å²) in [6.07, 6.45) is 4.80. The first kappa shape index (κ1) is 13.4. The Bertz CT molecular complexity index is 410. The van der Waals surface area contributed by atoms with Gasteiger partial charge >= 0.3 is 0 Å². The van der Waals surface area contributed by atoms with E-state index in [1.54, 1.807) is 0 Å². The van der Waals surface area contributed by atoms with Gasteiger partial charge < -0.3 is 9.84 Å². The Hall–Kier alpha value is -1.02. The highest BCUT2D eigenvalue weighted by atomic mass is 16.5. The lowest BCUT2D eigenvalue weighted by molar-refractivity contribution is 0.123. The van der Waals surface area contributed by atoms with E-state index in [1.807, 2.05) is 12.1 Å². The van der Waals surface area contributed by atoms with Gasteiger partial charge in [0.15, 0.2) is 0 Å². The largest absolute Gasteiger partial charge is 0.487 e. The van der Waals surface area contributed by atoms with Crippen LogP contribution in [0.15, 0.2) is 18.2 Å². The quantitative estimate of drug-likeness (QED) is 0.798. The van der Waals surface area contributed by atoms with Crippen LogP contribution in [0.1, 0.15) is 63.7 Å². The van der Waals surface area contributed by atoms with Crippen LogP contribution in [-0.4, -0.2) is 10.7 Å². The zero-order valence-corrected chi connectivity index (χ0v) is 11.7. The summed E-state index contributed by atoms with van der Waals surface area (Å²) in [5.74, 6) is 0.923. The van der Waals surface area contributed by atoms with Gasteiger partial charge in [0, 0.05) is 12.0 Å². The molecule has 1 unspecified atom stereocenters. The molecule has 1 aliphatic heterocycles. The van der Waals surface area contributed by atoms with Gasteiger partial charge in [-0.05, 0) is 25.8 Å². The molecule has 2 nitrogen and oxygen atoms in total. The average molecular weight is 248 g/mol. The second kappa shape index (κ2) is 5.31. The Labute approximate surface area is 110 Å². The third kappa shape index (κ3) is 2.86. The van der Waals surface area contributed by atoms with Crippen molar-refractivity contribution < 1.29 is 9.84 Å². The molecule has 2 heteroatoms. The van der Waals surface area contributed by atoms with Crippen LogP contribution in [-0.2, 0) is 6.42 Å². The van der Waals surface area contributed by atoms with Crippen LogP contribution in [0.3, 0.4) is 0 Å². The van der Waals surface area contributed by atoms with Gasteiger partial charge in [0.05, 0.1) is 6.10 Å². The summed E-state index contributed by atoms with van der Waals surface area (Å²) in [6, 6.07) is 6.13. The van der Waals surface area contributed by atoms with Crippen molar-refractivity contribution in [3.63, 3.8) is 0 Å². The van der Waals surface area contributed by atoms with E-state index >= 15 is 0 Å². The molecule has 1 heterocycles. The molecule has 100 valence electrons. The van der Waals surface area contributed by atoms with Crippen LogP contribution in [0.4, 0.5) is 0 Å². The van der Waals surface area contributed by atoms with E-state index < -0.39 is 0 Å². The van der Waals surface area contributed by atoms with Gasteiger partial charge in [0.2, 0.25) is 0 Å². The highest BCUT2D eigenvalue weighted by Gasteiger charge is 2.32. The highest BCUT2D eigenvalue weighted by molar-refractivity contribution is 5.46. The number of aliphatic hydroxyl groups is 1. The maximum atomic E-state index is 10.3. The van der Waals surface area contributed by atoms with E-state index in [0.717, 1.165) is 30.6 Å². The number of rotatable bonds is 5. The van der Waals surface area contributed by atoms with Crippen LogP contribution in [0.5, 0.6) is 5.75 Å². The maximum absolute atomic E-state index is 10.3. The van der Waals surface area contributed by atoms with Crippen molar-refractivity contribution in [3.8, 4) is 5.75 Å². The second-order valence-electron chi connectivity index (χ2n) is 5.89. The molecule has 1 aromatic carbocycles. The Morgan fingerprint density at radius 1 is 1.33 bits per heavy atom. The summed E-state index contributed by atoms with van der Waals surface area (Å²) in [4.78, 5) is 0. The third-order valence-corrected chi connectivity index (χ3v) is 3.56. The number of hydrogen-bond donors (Lipinski definition) is 1. The normalized spacial score (nSPS) is 18.2. The monoisotopic (exact) mass is 248 g/mol.